The molecule has 2 atom stereocenters. The van der Waals surface area contributed by atoms with E-state index in [0.717, 1.165) is 12.8 Å². The minimum absolute atomic E-state index is 0.0915. The van der Waals surface area contributed by atoms with Crippen molar-refractivity contribution in [1.29, 1.82) is 0 Å². The maximum Gasteiger partial charge on any atom is 0.673 e. The molecule has 1 heterocycles. The Labute approximate surface area is 257 Å². The van der Waals surface area contributed by atoms with Gasteiger partial charge in [0, 0.05) is 16.7 Å². The van der Waals surface area contributed by atoms with Gasteiger partial charge in [-0.15, -0.1) is 0 Å². The first-order chi connectivity index (χ1) is 21.3. The molecule has 0 N–H and O–H groups in total. The Bertz CT molecular complexity index is 1660. The van der Waals surface area contributed by atoms with Crippen LogP contribution in [0.4, 0.5) is 28.6 Å². The number of benzene rings is 5. The van der Waals surface area contributed by atoms with E-state index in [2.05, 4.69) is 163 Å². The molecule has 0 amide bonds. The van der Waals surface area contributed by atoms with E-state index in [9.17, 15) is 17.3 Å². The summed E-state index contributed by atoms with van der Waals surface area (Å²) in [6.45, 7) is 4.49. The van der Waals surface area contributed by atoms with E-state index >= 15 is 0 Å². The largest absolute Gasteiger partial charge is 0.673 e. The van der Waals surface area contributed by atoms with Crippen LogP contribution in [-0.2, 0) is 12.8 Å². The van der Waals surface area contributed by atoms with Crippen LogP contribution in [0.25, 0.3) is 11.1 Å². The van der Waals surface area contributed by atoms with Gasteiger partial charge in [0.2, 0.25) is 6.34 Å². The zero-order valence-corrected chi connectivity index (χ0v) is 24.8. The number of anilines is 1. The van der Waals surface area contributed by atoms with Crippen molar-refractivity contribution in [3.05, 3.63) is 156 Å². The van der Waals surface area contributed by atoms with Crippen molar-refractivity contribution in [3.8, 4) is 11.1 Å². The molecule has 2 nitrogen and oxygen atoms in total. The second-order valence-corrected chi connectivity index (χ2v) is 10.7. The fourth-order valence-corrected chi connectivity index (χ4v) is 5.87. The minimum Gasteiger partial charge on any atom is -0.418 e. The number of hydrogen-bond donors (Lipinski definition) is 0. The van der Waals surface area contributed by atoms with E-state index in [0.29, 0.717) is 0 Å². The van der Waals surface area contributed by atoms with Crippen LogP contribution in [-0.4, -0.2) is 18.2 Å². The average Bonchev–Trinajstić information content (AvgIpc) is 3.45. The van der Waals surface area contributed by atoms with E-state index in [-0.39, 0.29) is 12.1 Å². The quantitative estimate of drug-likeness (QED) is 0.103. The molecule has 0 fully saturated rings. The molecule has 0 aromatic heterocycles. The van der Waals surface area contributed by atoms with Crippen LogP contribution in [0.2, 0.25) is 0 Å². The normalized spacial score (nSPS) is 16.2. The summed E-state index contributed by atoms with van der Waals surface area (Å²) in [5, 5.41) is 0. The lowest BCUT2D eigenvalue weighted by atomic mass is 9.91. The summed E-state index contributed by atoms with van der Waals surface area (Å²) in [6, 6.07) is 48.8. The van der Waals surface area contributed by atoms with Gasteiger partial charge in [0.15, 0.2) is 12.1 Å². The van der Waals surface area contributed by atoms with Crippen LogP contribution in [0.5, 0.6) is 0 Å². The predicted molar refractivity (Wildman–Crippen MR) is 174 cm³/mol. The van der Waals surface area contributed by atoms with Crippen LogP contribution in [0.3, 0.4) is 0 Å². The molecule has 5 aromatic rings. The fraction of sp³-hybridized carbons (Fsp3) is 0.162. The molecule has 0 unspecified atom stereocenters. The Morgan fingerprint density at radius 3 is 1.64 bits per heavy atom. The standard InChI is InChI=1S/C37H35N2.BF4/c1-3-28-24-29(4-2)26-33(25-28)38-27-39(35-23-15-14-22-34(35)30-16-8-5-9-17-30)37(32-20-12-7-13-21-32)36(38)31-18-10-6-11-19-31;2-1(3,4)5/h5-27,36-37H,3-4H2,1-2H3;/q+1;-1/t36-,37-;/m0./s1. The molecule has 5 aromatic carbocycles. The van der Waals surface area contributed by atoms with Gasteiger partial charge in [0.05, 0.1) is 0 Å². The lowest BCUT2D eigenvalue weighted by molar-refractivity contribution is -0.480. The third-order valence-electron chi connectivity index (χ3n) is 7.85. The molecule has 0 aliphatic carbocycles. The van der Waals surface area contributed by atoms with E-state index < -0.39 is 7.25 Å². The Morgan fingerprint density at radius 1 is 0.614 bits per heavy atom. The maximum absolute atomic E-state index is 9.75. The molecule has 0 saturated heterocycles. The molecule has 1 aliphatic heterocycles. The fourth-order valence-electron chi connectivity index (χ4n) is 5.87. The summed E-state index contributed by atoms with van der Waals surface area (Å²) in [6.07, 6.45) is 4.39. The highest BCUT2D eigenvalue weighted by atomic mass is 19.5. The van der Waals surface area contributed by atoms with Crippen LogP contribution < -0.4 is 4.90 Å². The topological polar surface area (TPSA) is 6.25 Å². The molecule has 0 bridgehead atoms. The third kappa shape index (κ3) is 7.28. The molecular weight excluding hydrogens is 559 g/mol. The number of nitrogens with zero attached hydrogens (tertiary/aromatic N) is 2. The van der Waals surface area contributed by atoms with Crippen molar-refractivity contribution in [1.82, 2.24) is 0 Å². The summed E-state index contributed by atoms with van der Waals surface area (Å²) in [5.74, 6) is 0. The summed E-state index contributed by atoms with van der Waals surface area (Å²) >= 11 is 0. The highest BCUT2D eigenvalue weighted by Gasteiger charge is 2.46. The van der Waals surface area contributed by atoms with Crippen molar-refractivity contribution in [2.24, 2.45) is 0 Å². The maximum atomic E-state index is 9.75. The van der Waals surface area contributed by atoms with Gasteiger partial charge >= 0.3 is 7.25 Å². The second-order valence-electron chi connectivity index (χ2n) is 10.7. The SMILES string of the molecule is CCc1cc(CC)cc(N2C=[N+](c3ccccc3-c3ccccc3)[C@@H](c3ccccc3)[C@@H]2c2ccccc2)c1.F[B-](F)(F)F. The third-order valence-corrected chi connectivity index (χ3v) is 7.85. The minimum atomic E-state index is -6.00. The summed E-state index contributed by atoms with van der Waals surface area (Å²) in [7, 11) is -6.00. The Kier molecular flexibility index (Phi) is 9.64. The Balaban J connectivity index is 0.000000712. The zero-order valence-electron chi connectivity index (χ0n) is 24.8. The van der Waals surface area contributed by atoms with Crippen molar-refractivity contribution in [2.45, 2.75) is 38.8 Å². The number of para-hydroxylation sites is 1. The summed E-state index contributed by atoms with van der Waals surface area (Å²) < 4.78 is 41.5. The lowest BCUT2D eigenvalue weighted by Gasteiger charge is -2.25. The summed E-state index contributed by atoms with van der Waals surface area (Å²) in [4.78, 5) is 2.51. The number of halogens is 4. The average molecular weight is 595 g/mol. The molecule has 44 heavy (non-hydrogen) atoms. The van der Waals surface area contributed by atoms with E-state index in [1.54, 1.807) is 0 Å². The monoisotopic (exact) mass is 594 g/mol. The van der Waals surface area contributed by atoms with Gasteiger partial charge in [0.1, 0.15) is 11.4 Å². The van der Waals surface area contributed by atoms with Gasteiger partial charge in [-0.3, -0.25) is 0 Å². The smallest absolute Gasteiger partial charge is 0.418 e. The molecule has 1 aliphatic rings. The number of aryl methyl sites for hydroxylation is 2. The Hall–Kier alpha value is -4.65. The van der Waals surface area contributed by atoms with Crippen LogP contribution >= 0.6 is 0 Å². The number of rotatable bonds is 7. The first-order valence-corrected chi connectivity index (χ1v) is 14.9. The highest BCUT2D eigenvalue weighted by Crippen LogP contribution is 2.47. The van der Waals surface area contributed by atoms with Crippen molar-refractivity contribution >= 4 is 25.0 Å². The van der Waals surface area contributed by atoms with E-state index in [4.69, 9.17) is 0 Å². The highest BCUT2D eigenvalue weighted by molar-refractivity contribution is 6.50. The molecule has 0 saturated carbocycles. The molecular formula is C37H35BF4N2. The summed E-state index contributed by atoms with van der Waals surface area (Å²) in [5.41, 5.74) is 10.3. The predicted octanol–water partition coefficient (Wildman–Crippen LogP) is 10.5. The van der Waals surface area contributed by atoms with Gasteiger partial charge in [-0.1, -0.05) is 129 Å². The Morgan fingerprint density at radius 2 is 1.09 bits per heavy atom. The van der Waals surface area contributed by atoms with Crippen molar-refractivity contribution in [2.75, 3.05) is 4.90 Å². The van der Waals surface area contributed by atoms with Crippen LogP contribution in [0.1, 0.15) is 48.2 Å². The van der Waals surface area contributed by atoms with Gasteiger partial charge < -0.3 is 17.3 Å². The van der Waals surface area contributed by atoms with Gasteiger partial charge in [-0.25, -0.2) is 9.48 Å². The van der Waals surface area contributed by atoms with Crippen LogP contribution in [0.15, 0.2) is 133 Å². The second kappa shape index (κ2) is 13.8. The molecule has 224 valence electrons. The molecule has 6 rings (SSSR count). The molecule has 7 heteroatoms. The van der Waals surface area contributed by atoms with Crippen molar-refractivity contribution in [3.63, 3.8) is 0 Å². The van der Waals surface area contributed by atoms with E-state index in [1.165, 1.54) is 44.8 Å². The first-order valence-electron chi connectivity index (χ1n) is 14.9. The first kappa shape index (κ1) is 30.8. The molecule has 0 radical (unpaired) electrons. The molecule has 0 spiro atoms. The van der Waals surface area contributed by atoms with Gasteiger partial charge in [-0.05, 0) is 47.7 Å². The van der Waals surface area contributed by atoms with Gasteiger partial charge in [0.25, 0.3) is 0 Å². The van der Waals surface area contributed by atoms with E-state index in [1.807, 2.05) is 0 Å². The number of hydrogen-bond acceptors (Lipinski definition) is 1. The van der Waals surface area contributed by atoms with Crippen molar-refractivity contribution < 1.29 is 21.8 Å². The zero-order chi connectivity index (χ0) is 31.1. The van der Waals surface area contributed by atoms with Gasteiger partial charge in [-0.2, -0.15) is 0 Å². The lowest BCUT2D eigenvalue weighted by Crippen LogP contribution is -2.26. The van der Waals surface area contributed by atoms with Crippen LogP contribution in [0, 0.1) is 0 Å².